The predicted molar refractivity (Wildman–Crippen MR) is 167 cm³/mol. The summed E-state index contributed by atoms with van der Waals surface area (Å²) in [6.07, 6.45) is 10.4. The van der Waals surface area contributed by atoms with Crippen LogP contribution >= 0.6 is 0 Å². The first kappa shape index (κ1) is 27.9. The van der Waals surface area contributed by atoms with Crippen LogP contribution in [0.25, 0.3) is 0 Å². The Morgan fingerprint density at radius 1 is 0.805 bits per heavy atom. The van der Waals surface area contributed by atoms with Crippen molar-refractivity contribution in [3.8, 4) is 0 Å². The third-order valence-electron chi connectivity index (χ3n) is 11.4. The maximum atomic E-state index is 12.6. The smallest absolute Gasteiger partial charge is 0.178 e. The van der Waals surface area contributed by atoms with Gasteiger partial charge in [-0.1, -0.05) is 44.0 Å². The summed E-state index contributed by atoms with van der Waals surface area (Å²) in [5.74, 6) is 3.04. The molecule has 1 unspecified atom stereocenters. The molecule has 222 valence electrons. The third kappa shape index (κ3) is 5.49. The van der Waals surface area contributed by atoms with Crippen molar-refractivity contribution >= 4 is 15.5 Å². The molecule has 6 heteroatoms. The Labute approximate surface area is 248 Å². The molecule has 3 heterocycles. The van der Waals surface area contributed by atoms with Crippen molar-refractivity contribution in [2.45, 2.75) is 75.1 Å². The molecule has 7 rings (SSSR count). The maximum absolute atomic E-state index is 12.6. The topological polar surface area (TPSA) is 43.9 Å². The predicted octanol–water partition coefficient (Wildman–Crippen LogP) is 5.98. The zero-order valence-corrected chi connectivity index (χ0v) is 25.8. The zero-order valence-electron chi connectivity index (χ0n) is 25.0. The average molecular weight is 576 g/mol. The molecule has 41 heavy (non-hydrogen) atoms. The van der Waals surface area contributed by atoms with E-state index in [-0.39, 0.29) is 0 Å². The molecule has 0 N–H and O–H groups in total. The van der Waals surface area contributed by atoms with Crippen molar-refractivity contribution in [2.75, 3.05) is 56.5 Å². The fourth-order valence-corrected chi connectivity index (χ4v) is 10.7. The van der Waals surface area contributed by atoms with Crippen molar-refractivity contribution < 1.29 is 8.42 Å². The second kappa shape index (κ2) is 11.3. The van der Waals surface area contributed by atoms with Crippen molar-refractivity contribution in [1.82, 2.24) is 9.80 Å². The molecule has 0 radical (unpaired) electrons. The van der Waals surface area contributed by atoms with Crippen molar-refractivity contribution in [2.24, 2.45) is 23.7 Å². The highest BCUT2D eigenvalue weighted by atomic mass is 32.2. The first-order valence-electron chi connectivity index (χ1n) is 16.6. The molecule has 0 spiro atoms. The van der Waals surface area contributed by atoms with E-state index in [1.54, 1.807) is 11.1 Å². The first-order valence-corrected chi connectivity index (χ1v) is 18.2. The van der Waals surface area contributed by atoms with Gasteiger partial charge in [-0.05, 0) is 111 Å². The summed E-state index contributed by atoms with van der Waals surface area (Å²) in [6, 6.07) is 17.2. The Kier molecular flexibility index (Phi) is 7.70. The number of anilines is 1. The minimum atomic E-state index is -3.13. The molecule has 4 fully saturated rings. The largest absolute Gasteiger partial charge is 0.371 e. The second-order valence-electron chi connectivity index (χ2n) is 14.0. The van der Waals surface area contributed by atoms with E-state index < -0.39 is 9.84 Å². The number of rotatable bonds is 9. The number of sulfone groups is 1. The highest BCUT2D eigenvalue weighted by Crippen LogP contribution is 2.53. The number of likely N-dealkylation sites (tertiary alicyclic amines) is 1. The SMILES string of the molecule is CCN1Cc2ccccc2C(C2CCCC2)(C2CCN(CC3CN(c4ccc(S(=O)(=O)CC5CC5)cc4)C3)CC2)C1. The van der Waals surface area contributed by atoms with Crippen LogP contribution in [0.3, 0.4) is 0 Å². The number of likely N-dealkylation sites (N-methyl/N-ethyl adjacent to an activating group) is 1. The molecule has 2 aromatic carbocycles. The van der Waals surface area contributed by atoms with Gasteiger partial charge in [0.15, 0.2) is 9.84 Å². The lowest BCUT2D eigenvalue weighted by Crippen LogP contribution is -2.57. The van der Waals surface area contributed by atoms with Gasteiger partial charge in [-0.3, -0.25) is 4.90 Å². The molecule has 0 bridgehead atoms. The lowest BCUT2D eigenvalue weighted by Gasteiger charge is -2.54. The molecule has 2 saturated carbocycles. The van der Waals surface area contributed by atoms with Gasteiger partial charge in [-0.15, -0.1) is 0 Å². The summed E-state index contributed by atoms with van der Waals surface area (Å²) in [5.41, 5.74) is 4.80. The standard InChI is InChI=1S/C35H49N3O2S/c1-2-36-24-29-7-3-6-10-34(29)35(26-36,30-8-4-5-9-30)31-17-19-37(20-18-31)21-28-22-38(23-28)32-13-15-33(16-14-32)41(39,40)25-27-11-12-27/h3,6-7,10,13-16,27-28,30-31H,2,4-5,8-9,11-12,17-26H2,1H3. The summed E-state index contributed by atoms with van der Waals surface area (Å²) < 4.78 is 25.2. The fourth-order valence-electron chi connectivity index (χ4n) is 9.01. The number of hydrogen-bond donors (Lipinski definition) is 0. The molecule has 2 aliphatic carbocycles. The van der Waals surface area contributed by atoms with Gasteiger partial charge in [0.25, 0.3) is 0 Å². The first-order chi connectivity index (χ1) is 19.9. The molecular formula is C35H49N3O2S. The summed E-state index contributed by atoms with van der Waals surface area (Å²) >= 11 is 0. The maximum Gasteiger partial charge on any atom is 0.178 e. The van der Waals surface area contributed by atoms with Gasteiger partial charge in [0.1, 0.15) is 0 Å². The molecule has 5 nitrogen and oxygen atoms in total. The Hall–Kier alpha value is -1.89. The van der Waals surface area contributed by atoms with Gasteiger partial charge >= 0.3 is 0 Å². The van der Waals surface area contributed by atoms with Crippen LogP contribution in [0.1, 0.15) is 69.4 Å². The van der Waals surface area contributed by atoms with Gasteiger partial charge < -0.3 is 9.80 Å². The van der Waals surface area contributed by atoms with Crippen LogP contribution in [0, 0.1) is 23.7 Å². The molecule has 3 aliphatic heterocycles. The van der Waals surface area contributed by atoms with Crippen LogP contribution in [-0.4, -0.2) is 69.8 Å². The van der Waals surface area contributed by atoms with Gasteiger partial charge in [0, 0.05) is 49.7 Å². The van der Waals surface area contributed by atoms with Crippen LogP contribution in [0.15, 0.2) is 53.4 Å². The van der Waals surface area contributed by atoms with Gasteiger partial charge in [-0.25, -0.2) is 8.42 Å². The second-order valence-corrected chi connectivity index (χ2v) is 16.1. The minimum absolute atomic E-state index is 0.319. The molecule has 5 aliphatic rings. The molecule has 2 saturated heterocycles. The van der Waals surface area contributed by atoms with Crippen LogP contribution in [-0.2, 0) is 21.8 Å². The van der Waals surface area contributed by atoms with Gasteiger partial charge in [0.05, 0.1) is 10.6 Å². The third-order valence-corrected chi connectivity index (χ3v) is 13.3. The molecule has 2 aromatic rings. The van der Waals surface area contributed by atoms with Crippen LogP contribution in [0.2, 0.25) is 0 Å². The lowest BCUT2D eigenvalue weighted by atomic mass is 9.57. The highest BCUT2D eigenvalue weighted by Gasteiger charge is 2.51. The summed E-state index contributed by atoms with van der Waals surface area (Å²) in [7, 11) is -3.13. The summed E-state index contributed by atoms with van der Waals surface area (Å²) in [5, 5.41) is 0. The average Bonchev–Trinajstić information content (AvgIpc) is 3.60. The number of hydrogen-bond acceptors (Lipinski definition) is 5. The molecule has 0 amide bonds. The fraction of sp³-hybridized carbons (Fsp3) is 0.657. The van der Waals surface area contributed by atoms with E-state index in [0.29, 0.717) is 27.9 Å². The van der Waals surface area contributed by atoms with E-state index in [4.69, 9.17) is 0 Å². The van der Waals surface area contributed by atoms with E-state index >= 15 is 0 Å². The van der Waals surface area contributed by atoms with Crippen LogP contribution < -0.4 is 4.90 Å². The molecule has 0 aromatic heterocycles. The number of piperidine rings is 1. The Morgan fingerprint density at radius 3 is 2.17 bits per heavy atom. The molecule has 1 atom stereocenters. The van der Waals surface area contributed by atoms with Crippen molar-refractivity contribution in [3.05, 3.63) is 59.7 Å². The quantitative estimate of drug-likeness (QED) is 0.368. The van der Waals surface area contributed by atoms with Crippen LogP contribution in [0.4, 0.5) is 5.69 Å². The number of fused-ring (bicyclic) bond motifs is 1. The Morgan fingerprint density at radius 2 is 1.49 bits per heavy atom. The van der Waals surface area contributed by atoms with Gasteiger partial charge in [-0.2, -0.15) is 0 Å². The summed E-state index contributed by atoms with van der Waals surface area (Å²) in [4.78, 5) is 8.40. The molecular weight excluding hydrogens is 526 g/mol. The highest BCUT2D eigenvalue weighted by molar-refractivity contribution is 7.91. The van der Waals surface area contributed by atoms with E-state index in [1.165, 1.54) is 70.4 Å². The minimum Gasteiger partial charge on any atom is -0.371 e. The Balaban J connectivity index is 0.965. The van der Waals surface area contributed by atoms with E-state index in [2.05, 4.69) is 45.9 Å². The van der Waals surface area contributed by atoms with E-state index in [9.17, 15) is 8.42 Å². The lowest BCUT2D eigenvalue weighted by molar-refractivity contribution is 0.0359. The van der Waals surface area contributed by atoms with E-state index in [1.807, 2.05) is 24.3 Å². The van der Waals surface area contributed by atoms with Crippen LogP contribution in [0.5, 0.6) is 0 Å². The Bertz CT molecular complexity index is 1300. The normalized spacial score (nSPS) is 27.2. The van der Waals surface area contributed by atoms with E-state index in [0.717, 1.165) is 50.9 Å². The van der Waals surface area contributed by atoms with Crippen molar-refractivity contribution in [1.29, 1.82) is 0 Å². The van der Waals surface area contributed by atoms with Crippen molar-refractivity contribution in [3.63, 3.8) is 0 Å². The monoisotopic (exact) mass is 575 g/mol. The zero-order chi connectivity index (χ0) is 28.0. The number of benzene rings is 2. The van der Waals surface area contributed by atoms with Gasteiger partial charge in [0.2, 0.25) is 0 Å². The summed E-state index contributed by atoms with van der Waals surface area (Å²) in [6.45, 7) is 11.7. The number of nitrogens with zero attached hydrogens (tertiary/aromatic N) is 3.